The van der Waals surface area contributed by atoms with Gasteiger partial charge in [0, 0.05) is 36.3 Å². The number of carboxylic acid groups (broad SMARTS) is 1. The van der Waals surface area contributed by atoms with Gasteiger partial charge in [-0.2, -0.15) is 4.98 Å². The van der Waals surface area contributed by atoms with Gasteiger partial charge in [0.1, 0.15) is 11.2 Å². The fourth-order valence-corrected chi connectivity index (χ4v) is 5.08. The minimum atomic E-state index is -1.61. The number of benzene rings is 3. The number of nitrogens with one attached hydrogen (secondary N) is 1. The van der Waals surface area contributed by atoms with Crippen molar-refractivity contribution in [1.82, 2.24) is 20.4 Å². The van der Waals surface area contributed by atoms with E-state index in [1.54, 1.807) is 12.1 Å². The van der Waals surface area contributed by atoms with Crippen LogP contribution in [0.5, 0.6) is 0 Å². The van der Waals surface area contributed by atoms with Gasteiger partial charge in [0.05, 0.1) is 19.3 Å². The fourth-order valence-electron chi connectivity index (χ4n) is 5.08. The molecule has 4 aromatic rings. The molecule has 0 spiro atoms. The van der Waals surface area contributed by atoms with E-state index in [2.05, 4.69) is 20.4 Å². The lowest BCUT2D eigenvalue weighted by Crippen LogP contribution is -2.55. The summed E-state index contributed by atoms with van der Waals surface area (Å²) in [7, 11) is 0. The molecule has 1 saturated heterocycles. The SMILES string of the molecule is O=C(O)C1(C(=O)NC(CO)CO)CCN(Cc2ccc(-c3noc(-c4ccc(-c5ccccc5)c(F)c4)n3)cc2)CC1. The van der Waals surface area contributed by atoms with Crippen molar-refractivity contribution < 1.29 is 33.8 Å². The van der Waals surface area contributed by atoms with Gasteiger partial charge >= 0.3 is 5.97 Å². The van der Waals surface area contributed by atoms with Crippen LogP contribution in [0.4, 0.5) is 4.39 Å². The minimum absolute atomic E-state index is 0.106. The molecule has 1 aliphatic rings. The van der Waals surface area contributed by atoms with Crippen molar-refractivity contribution in [3.05, 3.63) is 84.2 Å². The Balaban J connectivity index is 1.21. The molecule has 1 aliphatic heterocycles. The fraction of sp³-hybridized carbons (Fsp3) is 0.290. The molecule has 4 N–H and O–H groups in total. The Labute approximate surface area is 241 Å². The average molecular weight is 575 g/mol. The molecular weight excluding hydrogens is 543 g/mol. The highest BCUT2D eigenvalue weighted by molar-refractivity contribution is 6.02. The Morgan fingerprint density at radius 1 is 0.952 bits per heavy atom. The average Bonchev–Trinajstić information content (AvgIpc) is 3.51. The number of aliphatic hydroxyl groups is 2. The first-order valence-electron chi connectivity index (χ1n) is 13.6. The molecule has 11 heteroatoms. The molecular formula is C31H31FN4O6. The molecule has 0 radical (unpaired) electrons. The van der Waals surface area contributed by atoms with Crippen LogP contribution in [0.15, 0.2) is 77.3 Å². The highest BCUT2D eigenvalue weighted by Gasteiger charge is 2.48. The first-order chi connectivity index (χ1) is 20.3. The van der Waals surface area contributed by atoms with E-state index in [0.29, 0.717) is 36.6 Å². The standard InChI is InChI=1S/C31H31FN4O6/c32-26-16-23(10-11-25(26)21-4-2-1-3-5-21)28-34-27(35-42-28)22-8-6-20(7-9-22)17-36-14-12-31(13-15-36,30(40)41)29(39)33-24(18-37)19-38/h1-11,16,24,37-38H,12-15,17-19H2,(H,33,39)(H,40,41). The topological polar surface area (TPSA) is 149 Å². The van der Waals surface area contributed by atoms with Crippen LogP contribution in [-0.2, 0) is 16.1 Å². The lowest BCUT2D eigenvalue weighted by Gasteiger charge is -2.38. The summed E-state index contributed by atoms with van der Waals surface area (Å²) in [6.07, 6.45) is 0.211. The number of carboxylic acids is 1. The Kier molecular flexibility index (Phi) is 8.72. The van der Waals surface area contributed by atoms with E-state index in [1.807, 2.05) is 54.6 Å². The minimum Gasteiger partial charge on any atom is -0.480 e. The zero-order chi connectivity index (χ0) is 29.7. The van der Waals surface area contributed by atoms with Crippen LogP contribution in [0.25, 0.3) is 34.0 Å². The van der Waals surface area contributed by atoms with Crippen molar-refractivity contribution in [3.8, 4) is 34.0 Å². The zero-order valence-corrected chi connectivity index (χ0v) is 22.7. The van der Waals surface area contributed by atoms with Gasteiger partial charge in [-0.15, -0.1) is 0 Å². The molecule has 5 rings (SSSR count). The maximum Gasteiger partial charge on any atom is 0.319 e. The smallest absolute Gasteiger partial charge is 0.319 e. The van der Waals surface area contributed by atoms with Gasteiger partial charge in [-0.3, -0.25) is 14.5 Å². The van der Waals surface area contributed by atoms with Crippen molar-refractivity contribution in [1.29, 1.82) is 0 Å². The molecule has 1 fully saturated rings. The number of aromatic nitrogens is 2. The van der Waals surface area contributed by atoms with E-state index in [-0.39, 0.29) is 24.5 Å². The number of rotatable bonds is 10. The first-order valence-corrected chi connectivity index (χ1v) is 13.6. The third-order valence-corrected chi connectivity index (χ3v) is 7.67. The summed E-state index contributed by atoms with van der Waals surface area (Å²) in [6, 6.07) is 20.7. The van der Waals surface area contributed by atoms with Gasteiger partial charge in [-0.1, -0.05) is 65.8 Å². The quantitative estimate of drug-likeness (QED) is 0.209. The summed E-state index contributed by atoms with van der Waals surface area (Å²) in [5, 5.41) is 34.8. The largest absolute Gasteiger partial charge is 0.480 e. The zero-order valence-electron chi connectivity index (χ0n) is 22.7. The van der Waals surface area contributed by atoms with Gasteiger partial charge in [0.25, 0.3) is 5.89 Å². The lowest BCUT2D eigenvalue weighted by atomic mass is 9.77. The summed E-state index contributed by atoms with van der Waals surface area (Å²) < 4.78 is 20.2. The second-order valence-electron chi connectivity index (χ2n) is 10.4. The molecule has 42 heavy (non-hydrogen) atoms. The van der Waals surface area contributed by atoms with Gasteiger partial charge < -0.3 is 25.2 Å². The van der Waals surface area contributed by atoms with E-state index in [0.717, 1.165) is 16.7 Å². The van der Waals surface area contributed by atoms with E-state index in [4.69, 9.17) is 4.52 Å². The number of nitrogens with zero attached hydrogens (tertiary/aromatic N) is 3. The van der Waals surface area contributed by atoms with Crippen LogP contribution in [0.1, 0.15) is 18.4 Å². The number of aliphatic carboxylic acids is 1. The van der Waals surface area contributed by atoms with Gasteiger partial charge in [0.15, 0.2) is 0 Å². The summed E-state index contributed by atoms with van der Waals surface area (Å²) >= 11 is 0. The molecule has 1 amide bonds. The Morgan fingerprint density at radius 3 is 2.24 bits per heavy atom. The summed E-state index contributed by atoms with van der Waals surface area (Å²) in [5.41, 5.74) is 1.83. The molecule has 10 nitrogen and oxygen atoms in total. The molecule has 2 heterocycles. The number of carbonyl (C=O) groups is 2. The summed E-state index contributed by atoms with van der Waals surface area (Å²) in [4.78, 5) is 31.3. The Hall–Kier alpha value is -4.45. The van der Waals surface area contributed by atoms with Crippen LogP contribution in [0, 0.1) is 11.2 Å². The lowest BCUT2D eigenvalue weighted by molar-refractivity contribution is -0.160. The first kappa shape index (κ1) is 29.1. The van der Waals surface area contributed by atoms with E-state index >= 15 is 0 Å². The number of piperidine rings is 1. The van der Waals surface area contributed by atoms with E-state index in [1.165, 1.54) is 6.07 Å². The number of halogens is 1. The maximum atomic E-state index is 14.8. The van der Waals surface area contributed by atoms with Crippen molar-refractivity contribution in [3.63, 3.8) is 0 Å². The highest BCUT2D eigenvalue weighted by atomic mass is 19.1. The molecule has 0 bridgehead atoms. The second-order valence-corrected chi connectivity index (χ2v) is 10.4. The molecule has 1 aromatic heterocycles. The number of amides is 1. The molecule has 0 unspecified atom stereocenters. The highest BCUT2D eigenvalue weighted by Crippen LogP contribution is 2.33. The van der Waals surface area contributed by atoms with Crippen LogP contribution in [0.2, 0.25) is 0 Å². The van der Waals surface area contributed by atoms with E-state index in [9.17, 15) is 29.3 Å². The number of hydrogen-bond acceptors (Lipinski definition) is 8. The van der Waals surface area contributed by atoms with Crippen LogP contribution in [-0.4, -0.2) is 74.6 Å². The third kappa shape index (κ3) is 6.08. The Morgan fingerprint density at radius 2 is 1.62 bits per heavy atom. The van der Waals surface area contributed by atoms with E-state index < -0.39 is 36.5 Å². The summed E-state index contributed by atoms with van der Waals surface area (Å²) in [5.74, 6) is -1.73. The molecule has 0 aliphatic carbocycles. The van der Waals surface area contributed by atoms with Crippen LogP contribution >= 0.6 is 0 Å². The number of likely N-dealkylation sites (tertiary alicyclic amines) is 1. The van der Waals surface area contributed by atoms with Crippen LogP contribution in [0.3, 0.4) is 0 Å². The monoisotopic (exact) mass is 574 g/mol. The maximum absolute atomic E-state index is 14.8. The van der Waals surface area contributed by atoms with Gasteiger partial charge in [-0.05, 0) is 36.1 Å². The van der Waals surface area contributed by atoms with Crippen molar-refractivity contribution in [2.24, 2.45) is 5.41 Å². The Bertz CT molecular complexity index is 1530. The van der Waals surface area contributed by atoms with Gasteiger partial charge in [-0.25, -0.2) is 4.39 Å². The third-order valence-electron chi connectivity index (χ3n) is 7.67. The molecule has 0 atom stereocenters. The van der Waals surface area contributed by atoms with Crippen molar-refractivity contribution >= 4 is 11.9 Å². The second kappa shape index (κ2) is 12.6. The normalized spacial score (nSPS) is 15.0. The van der Waals surface area contributed by atoms with Gasteiger partial charge in [0.2, 0.25) is 11.7 Å². The number of carbonyl (C=O) groups excluding carboxylic acids is 1. The number of hydrogen-bond donors (Lipinski definition) is 4. The van der Waals surface area contributed by atoms with Crippen molar-refractivity contribution in [2.75, 3.05) is 26.3 Å². The van der Waals surface area contributed by atoms with Crippen LogP contribution < -0.4 is 5.32 Å². The number of aliphatic hydroxyl groups excluding tert-OH is 2. The molecule has 218 valence electrons. The summed E-state index contributed by atoms with van der Waals surface area (Å²) in [6.45, 7) is 0.367. The van der Waals surface area contributed by atoms with Crippen molar-refractivity contribution in [2.45, 2.75) is 25.4 Å². The molecule has 0 saturated carbocycles. The predicted octanol–water partition coefficient (Wildman–Crippen LogP) is 3.35. The molecule has 3 aromatic carbocycles. The predicted molar refractivity (Wildman–Crippen MR) is 151 cm³/mol.